The van der Waals surface area contributed by atoms with E-state index in [1.165, 1.54) is 0 Å². The first-order chi connectivity index (χ1) is 12.3. The number of amides is 1. The molecule has 1 aromatic heterocycles. The Labute approximate surface area is 172 Å². The molecule has 1 fully saturated rings. The molecule has 1 aliphatic rings. The zero-order valence-corrected chi connectivity index (χ0v) is 17.6. The average Bonchev–Trinajstić information content (AvgIpc) is 3.03. The number of carbonyl (C=O) groups is 1. The number of halogens is 2. The summed E-state index contributed by atoms with van der Waals surface area (Å²) in [5, 5.41) is 8.44. The molecule has 0 saturated heterocycles. The van der Waals surface area contributed by atoms with E-state index in [-0.39, 0.29) is 35.9 Å². The molecule has 1 heterocycles. The second-order valence-electron chi connectivity index (χ2n) is 8.07. The van der Waals surface area contributed by atoms with Gasteiger partial charge in [0.25, 0.3) is 5.91 Å². The zero-order chi connectivity index (χ0) is 18.9. The zero-order valence-electron chi connectivity index (χ0n) is 16.0. The highest BCUT2D eigenvalue weighted by Crippen LogP contribution is 2.31. The van der Waals surface area contributed by atoms with Crippen molar-refractivity contribution in [2.75, 3.05) is 0 Å². The standard InChI is InChI=1S/C20H27ClN4O.ClH/c1-20(2,3)25-12-16(18(24-25)15-6-4-5-7-17(15)21)19(26)23-14-10-8-13(22)9-11-14;/h4-7,12-14H,8-11,22H2,1-3H3,(H,23,26);1H. The van der Waals surface area contributed by atoms with Crippen LogP contribution in [0.2, 0.25) is 5.02 Å². The molecule has 0 bridgehead atoms. The van der Waals surface area contributed by atoms with Gasteiger partial charge in [0, 0.05) is 23.8 Å². The van der Waals surface area contributed by atoms with Crippen molar-refractivity contribution in [1.82, 2.24) is 15.1 Å². The summed E-state index contributed by atoms with van der Waals surface area (Å²) < 4.78 is 1.83. The van der Waals surface area contributed by atoms with Gasteiger partial charge in [-0.15, -0.1) is 12.4 Å². The molecular formula is C20H28Cl2N4O. The van der Waals surface area contributed by atoms with E-state index >= 15 is 0 Å². The van der Waals surface area contributed by atoms with Gasteiger partial charge in [-0.2, -0.15) is 5.10 Å². The van der Waals surface area contributed by atoms with E-state index in [9.17, 15) is 4.79 Å². The third kappa shape index (κ3) is 5.03. The maximum absolute atomic E-state index is 13.0. The van der Waals surface area contributed by atoms with Crippen LogP contribution in [0.5, 0.6) is 0 Å². The molecule has 148 valence electrons. The highest BCUT2D eigenvalue weighted by Gasteiger charge is 2.26. The van der Waals surface area contributed by atoms with Crippen LogP contribution in [0.4, 0.5) is 0 Å². The maximum atomic E-state index is 13.0. The van der Waals surface area contributed by atoms with Crippen molar-refractivity contribution >= 4 is 29.9 Å². The molecule has 0 atom stereocenters. The molecule has 1 amide bonds. The number of hydrogen-bond acceptors (Lipinski definition) is 3. The van der Waals surface area contributed by atoms with Crippen molar-refractivity contribution in [3.05, 3.63) is 41.0 Å². The van der Waals surface area contributed by atoms with Gasteiger partial charge in [-0.3, -0.25) is 9.48 Å². The minimum Gasteiger partial charge on any atom is -0.349 e. The fourth-order valence-electron chi connectivity index (χ4n) is 3.26. The van der Waals surface area contributed by atoms with Crippen molar-refractivity contribution in [3.8, 4) is 11.3 Å². The lowest BCUT2D eigenvalue weighted by Crippen LogP contribution is -2.40. The lowest BCUT2D eigenvalue weighted by molar-refractivity contribution is 0.0926. The smallest absolute Gasteiger partial charge is 0.255 e. The van der Waals surface area contributed by atoms with Gasteiger partial charge in [0.1, 0.15) is 5.69 Å². The summed E-state index contributed by atoms with van der Waals surface area (Å²) in [4.78, 5) is 13.0. The van der Waals surface area contributed by atoms with Crippen LogP contribution < -0.4 is 11.1 Å². The molecular weight excluding hydrogens is 383 g/mol. The first-order valence-corrected chi connectivity index (χ1v) is 9.55. The predicted molar refractivity (Wildman–Crippen MR) is 113 cm³/mol. The van der Waals surface area contributed by atoms with Crippen molar-refractivity contribution in [2.24, 2.45) is 5.73 Å². The fourth-order valence-corrected chi connectivity index (χ4v) is 3.49. The van der Waals surface area contributed by atoms with E-state index in [4.69, 9.17) is 22.4 Å². The summed E-state index contributed by atoms with van der Waals surface area (Å²) in [6, 6.07) is 7.91. The highest BCUT2D eigenvalue weighted by atomic mass is 35.5. The van der Waals surface area contributed by atoms with Crippen molar-refractivity contribution in [3.63, 3.8) is 0 Å². The Morgan fingerprint density at radius 3 is 2.44 bits per heavy atom. The minimum atomic E-state index is -0.230. The molecule has 5 nitrogen and oxygen atoms in total. The molecule has 1 aliphatic carbocycles. The van der Waals surface area contributed by atoms with E-state index < -0.39 is 0 Å². The molecule has 1 aromatic carbocycles. The Balaban J connectivity index is 0.00000261. The van der Waals surface area contributed by atoms with Crippen LogP contribution in [0.3, 0.4) is 0 Å². The van der Waals surface area contributed by atoms with E-state index in [1.54, 1.807) is 0 Å². The quantitative estimate of drug-likeness (QED) is 0.787. The molecule has 0 unspecified atom stereocenters. The molecule has 3 N–H and O–H groups in total. The minimum absolute atomic E-state index is 0. The summed E-state index contributed by atoms with van der Waals surface area (Å²) in [7, 11) is 0. The third-order valence-electron chi connectivity index (χ3n) is 4.88. The van der Waals surface area contributed by atoms with E-state index in [0.717, 1.165) is 31.2 Å². The summed E-state index contributed by atoms with van der Waals surface area (Å²) in [5.41, 5.74) is 7.69. The molecule has 2 aromatic rings. The number of hydrogen-bond donors (Lipinski definition) is 2. The summed E-state index contributed by atoms with van der Waals surface area (Å²) in [5.74, 6) is -0.101. The topological polar surface area (TPSA) is 72.9 Å². The Kier molecular flexibility index (Phi) is 6.95. The summed E-state index contributed by atoms with van der Waals surface area (Å²) in [6.07, 6.45) is 5.55. The van der Waals surface area contributed by atoms with Crippen LogP contribution >= 0.6 is 24.0 Å². The largest absolute Gasteiger partial charge is 0.349 e. The van der Waals surface area contributed by atoms with Gasteiger partial charge in [0.2, 0.25) is 0 Å². The van der Waals surface area contributed by atoms with Crippen LogP contribution in [0.25, 0.3) is 11.3 Å². The van der Waals surface area contributed by atoms with E-state index in [0.29, 0.717) is 16.3 Å². The number of nitrogens with one attached hydrogen (secondary N) is 1. The fraction of sp³-hybridized carbons (Fsp3) is 0.500. The molecule has 1 saturated carbocycles. The Morgan fingerprint density at radius 1 is 1.22 bits per heavy atom. The molecule has 0 aliphatic heterocycles. The average molecular weight is 411 g/mol. The van der Waals surface area contributed by atoms with Gasteiger partial charge in [-0.05, 0) is 52.5 Å². The lowest BCUT2D eigenvalue weighted by atomic mass is 9.91. The van der Waals surface area contributed by atoms with E-state index in [2.05, 4.69) is 26.1 Å². The van der Waals surface area contributed by atoms with Gasteiger partial charge in [-0.25, -0.2) is 0 Å². The second-order valence-corrected chi connectivity index (χ2v) is 8.48. The SMILES string of the molecule is CC(C)(C)n1cc(C(=O)NC2CCC(N)CC2)c(-c2ccccc2Cl)n1.Cl. The molecule has 0 radical (unpaired) electrons. The predicted octanol–water partition coefficient (Wildman–Crippen LogP) is 4.38. The van der Waals surface area contributed by atoms with Crippen molar-refractivity contribution < 1.29 is 4.79 Å². The summed E-state index contributed by atoms with van der Waals surface area (Å²) >= 11 is 6.37. The number of carbonyl (C=O) groups excluding carboxylic acids is 1. The Hall–Kier alpha value is -1.56. The van der Waals surface area contributed by atoms with Crippen molar-refractivity contribution in [2.45, 2.75) is 64.1 Å². The monoisotopic (exact) mass is 410 g/mol. The number of rotatable bonds is 3. The third-order valence-corrected chi connectivity index (χ3v) is 5.21. The normalized spacial score (nSPS) is 20.0. The van der Waals surface area contributed by atoms with Crippen LogP contribution in [-0.4, -0.2) is 27.8 Å². The lowest BCUT2D eigenvalue weighted by Gasteiger charge is -2.26. The van der Waals surface area contributed by atoms with Crippen LogP contribution in [0.1, 0.15) is 56.8 Å². The molecule has 7 heteroatoms. The van der Waals surface area contributed by atoms with Gasteiger partial charge in [0.05, 0.1) is 16.1 Å². The number of nitrogens with two attached hydrogens (primary N) is 1. The molecule has 0 spiro atoms. The van der Waals surface area contributed by atoms with Crippen LogP contribution in [0.15, 0.2) is 30.5 Å². The maximum Gasteiger partial charge on any atom is 0.255 e. The number of nitrogens with zero attached hydrogens (tertiary/aromatic N) is 2. The van der Waals surface area contributed by atoms with Gasteiger partial charge in [-0.1, -0.05) is 29.8 Å². The van der Waals surface area contributed by atoms with Gasteiger partial charge in [0.15, 0.2) is 0 Å². The summed E-state index contributed by atoms with van der Waals surface area (Å²) in [6.45, 7) is 6.17. The van der Waals surface area contributed by atoms with Gasteiger partial charge < -0.3 is 11.1 Å². The number of aromatic nitrogens is 2. The Bertz CT molecular complexity index is 790. The Morgan fingerprint density at radius 2 is 1.85 bits per heavy atom. The van der Waals surface area contributed by atoms with E-state index in [1.807, 2.05) is 35.1 Å². The van der Waals surface area contributed by atoms with Crippen LogP contribution in [0, 0.1) is 0 Å². The first kappa shape index (κ1) is 21.7. The van der Waals surface area contributed by atoms with Crippen LogP contribution in [-0.2, 0) is 5.54 Å². The second kappa shape index (κ2) is 8.63. The van der Waals surface area contributed by atoms with Crippen molar-refractivity contribution in [1.29, 1.82) is 0 Å². The molecule has 27 heavy (non-hydrogen) atoms. The van der Waals surface area contributed by atoms with Gasteiger partial charge >= 0.3 is 0 Å². The number of benzene rings is 1. The first-order valence-electron chi connectivity index (χ1n) is 9.17. The molecule has 3 rings (SSSR count). The highest BCUT2D eigenvalue weighted by molar-refractivity contribution is 6.33.